The third-order valence-corrected chi connectivity index (χ3v) is 6.82. The summed E-state index contributed by atoms with van der Waals surface area (Å²) in [6.07, 6.45) is -4.74. The van der Waals surface area contributed by atoms with Gasteiger partial charge in [0.25, 0.3) is 15.9 Å². The molecular formula is C24H24F3N7O5S. The number of rotatable bonds is 7. The third kappa shape index (κ3) is 6.06. The van der Waals surface area contributed by atoms with E-state index in [1.807, 2.05) is 0 Å². The molecule has 0 aliphatic rings. The number of nitrogens with one attached hydrogen (secondary N) is 2. The average Bonchev–Trinajstić information content (AvgIpc) is 3.31. The van der Waals surface area contributed by atoms with Crippen molar-refractivity contribution in [3.8, 4) is 11.9 Å². The molecule has 0 saturated carbocycles. The molecule has 0 fully saturated rings. The van der Waals surface area contributed by atoms with Crippen LogP contribution in [0.1, 0.15) is 42.6 Å². The Labute approximate surface area is 226 Å². The molecule has 12 nitrogen and oxygen atoms in total. The fourth-order valence-corrected chi connectivity index (χ4v) is 4.42. The summed E-state index contributed by atoms with van der Waals surface area (Å²) in [4.78, 5) is 24.7. The van der Waals surface area contributed by atoms with Gasteiger partial charge in [-0.25, -0.2) is 17.9 Å². The summed E-state index contributed by atoms with van der Waals surface area (Å²) < 4.78 is 79.6. The third-order valence-electron chi connectivity index (χ3n) is 5.45. The van der Waals surface area contributed by atoms with E-state index in [2.05, 4.69) is 30.1 Å². The minimum atomic E-state index is -4.74. The molecule has 0 unspecified atom stereocenters. The molecule has 212 valence electrons. The zero-order valence-corrected chi connectivity index (χ0v) is 22.7. The molecular weight excluding hydrogens is 555 g/mol. The second-order valence-electron chi connectivity index (χ2n) is 9.44. The average molecular weight is 580 g/mol. The molecule has 0 aliphatic carbocycles. The predicted octanol–water partition coefficient (Wildman–Crippen LogP) is 3.91. The fraction of sp³-hybridized carbons (Fsp3) is 0.292. The number of benzene rings is 1. The molecule has 3 heterocycles. The molecule has 4 aromatic rings. The van der Waals surface area contributed by atoms with E-state index in [0.29, 0.717) is 4.52 Å². The smallest absolute Gasteiger partial charge is 0.433 e. The van der Waals surface area contributed by atoms with Gasteiger partial charge in [-0.15, -0.1) is 0 Å². The van der Waals surface area contributed by atoms with Crippen LogP contribution in [0.4, 0.5) is 24.7 Å². The van der Waals surface area contributed by atoms with Crippen molar-refractivity contribution in [1.82, 2.24) is 24.6 Å². The number of anilines is 2. The Kier molecular flexibility index (Phi) is 7.32. The first kappa shape index (κ1) is 28.5. The van der Waals surface area contributed by atoms with Crippen molar-refractivity contribution in [2.45, 2.75) is 37.3 Å². The molecule has 0 bridgehead atoms. The van der Waals surface area contributed by atoms with Gasteiger partial charge in [-0.1, -0.05) is 20.8 Å². The Morgan fingerprint density at radius 2 is 1.62 bits per heavy atom. The molecule has 1 aromatic carbocycles. The lowest BCUT2D eigenvalue weighted by Crippen LogP contribution is -2.20. The second kappa shape index (κ2) is 10.3. The van der Waals surface area contributed by atoms with Gasteiger partial charge in [0.15, 0.2) is 17.2 Å². The standard InChI is InChI=1S/C24H24F3N7O5S/c1-23(2,3)16-11-17(24(25,26)27)34-19(29-16)10-15(32-34)21(35)28-13-6-8-14(9-7-13)40(36,37)33-18-12-20(38-4)31-22(30-18)39-5/h6-12H,1-5H3,(H,28,35)(H,30,31,33). The maximum Gasteiger partial charge on any atom is 0.433 e. The van der Waals surface area contributed by atoms with Crippen LogP contribution in [0.25, 0.3) is 5.65 Å². The van der Waals surface area contributed by atoms with Crippen LogP contribution in [0, 0.1) is 0 Å². The van der Waals surface area contributed by atoms with E-state index in [1.165, 1.54) is 44.6 Å². The van der Waals surface area contributed by atoms with Crippen LogP contribution >= 0.6 is 0 Å². The van der Waals surface area contributed by atoms with Gasteiger partial charge in [0.2, 0.25) is 5.88 Å². The number of ether oxygens (including phenoxy) is 2. The SMILES string of the molecule is COc1cc(NS(=O)(=O)c2ccc(NC(=O)c3cc4nc(C(C)(C)C)cc(C(F)(F)F)n4n3)cc2)nc(OC)n1. The Hall–Kier alpha value is -4.47. The normalized spacial score (nSPS) is 12.3. The molecule has 0 spiro atoms. The van der Waals surface area contributed by atoms with Gasteiger partial charge in [0, 0.05) is 23.2 Å². The van der Waals surface area contributed by atoms with E-state index < -0.39 is 33.2 Å². The van der Waals surface area contributed by atoms with Gasteiger partial charge in [0.1, 0.15) is 5.69 Å². The lowest BCUT2D eigenvalue weighted by molar-refractivity contribution is -0.142. The maximum atomic E-state index is 13.7. The summed E-state index contributed by atoms with van der Waals surface area (Å²) >= 11 is 0. The molecule has 16 heteroatoms. The maximum absolute atomic E-state index is 13.7. The molecule has 1 amide bonds. The lowest BCUT2D eigenvalue weighted by Gasteiger charge is -2.19. The van der Waals surface area contributed by atoms with Crippen LogP contribution in [-0.4, -0.2) is 53.1 Å². The minimum Gasteiger partial charge on any atom is -0.481 e. The van der Waals surface area contributed by atoms with Crippen LogP contribution in [-0.2, 0) is 21.6 Å². The molecule has 4 rings (SSSR count). The van der Waals surface area contributed by atoms with E-state index in [0.717, 1.165) is 12.1 Å². The molecule has 40 heavy (non-hydrogen) atoms. The number of alkyl halides is 3. The zero-order chi connectivity index (χ0) is 29.5. The number of halogens is 3. The number of carbonyl (C=O) groups is 1. The van der Waals surface area contributed by atoms with Crippen LogP contribution in [0.2, 0.25) is 0 Å². The first-order valence-corrected chi connectivity index (χ1v) is 13.0. The minimum absolute atomic E-state index is 0.0711. The lowest BCUT2D eigenvalue weighted by atomic mass is 9.91. The quantitative estimate of drug-likeness (QED) is 0.332. The monoisotopic (exact) mass is 579 g/mol. The molecule has 0 radical (unpaired) electrons. The number of hydrogen-bond acceptors (Lipinski definition) is 9. The van der Waals surface area contributed by atoms with Gasteiger partial charge in [0.05, 0.1) is 24.8 Å². The Morgan fingerprint density at radius 1 is 0.950 bits per heavy atom. The summed E-state index contributed by atoms with van der Waals surface area (Å²) in [5.74, 6) is -0.846. The number of carbonyl (C=O) groups excluding carboxylic acids is 1. The summed E-state index contributed by atoms with van der Waals surface area (Å²) in [7, 11) is -1.46. The number of nitrogens with zero attached hydrogens (tertiary/aromatic N) is 5. The van der Waals surface area contributed by atoms with E-state index in [9.17, 15) is 26.4 Å². The van der Waals surface area contributed by atoms with E-state index in [4.69, 9.17) is 9.47 Å². The summed E-state index contributed by atoms with van der Waals surface area (Å²) in [6.45, 7) is 5.16. The van der Waals surface area contributed by atoms with Crippen LogP contribution < -0.4 is 19.5 Å². The molecule has 3 aromatic heterocycles. The van der Waals surface area contributed by atoms with Crippen LogP contribution in [0.3, 0.4) is 0 Å². The highest BCUT2D eigenvalue weighted by atomic mass is 32.2. The van der Waals surface area contributed by atoms with Crippen molar-refractivity contribution < 1.29 is 35.9 Å². The molecule has 0 saturated heterocycles. The van der Waals surface area contributed by atoms with E-state index in [1.54, 1.807) is 20.8 Å². The zero-order valence-electron chi connectivity index (χ0n) is 21.9. The Morgan fingerprint density at radius 3 is 2.20 bits per heavy atom. The summed E-state index contributed by atoms with van der Waals surface area (Å²) in [6, 6.07) is 8.24. The number of methoxy groups -OCH3 is 2. The second-order valence-corrected chi connectivity index (χ2v) is 11.1. The highest BCUT2D eigenvalue weighted by Gasteiger charge is 2.36. The van der Waals surface area contributed by atoms with Gasteiger partial charge >= 0.3 is 12.2 Å². The van der Waals surface area contributed by atoms with Crippen molar-refractivity contribution in [2.24, 2.45) is 0 Å². The van der Waals surface area contributed by atoms with Crippen molar-refractivity contribution >= 4 is 33.1 Å². The highest BCUT2D eigenvalue weighted by molar-refractivity contribution is 7.92. The number of hydrogen-bond donors (Lipinski definition) is 2. The first-order chi connectivity index (χ1) is 18.6. The molecule has 0 aliphatic heterocycles. The van der Waals surface area contributed by atoms with Crippen molar-refractivity contribution in [2.75, 3.05) is 24.3 Å². The topological polar surface area (TPSA) is 150 Å². The van der Waals surface area contributed by atoms with Crippen LogP contribution in [0.5, 0.6) is 11.9 Å². The van der Waals surface area contributed by atoms with E-state index >= 15 is 0 Å². The number of amides is 1. The van der Waals surface area contributed by atoms with Crippen molar-refractivity contribution in [1.29, 1.82) is 0 Å². The summed E-state index contributed by atoms with van der Waals surface area (Å²) in [5, 5.41) is 6.30. The number of aromatic nitrogens is 5. The molecule has 2 N–H and O–H groups in total. The largest absolute Gasteiger partial charge is 0.481 e. The highest BCUT2D eigenvalue weighted by Crippen LogP contribution is 2.33. The fourth-order valence-electron chi connectivity index (χ4n) is 3.43. The summed E-state index contributed by atoms with van der Waals surface area (Å²) in [5.41, 5.74) is -1.85. The van der Waals surface area contributed by atoms with Crippen molar-refractivity contribution in [3.63, 3.8) is 0 Å². The Bertz CT molecular complexity index is 1660. The van der Waals surface area contributed by atoms with Gasteiger partial charge in [-0.05, 0) is 30.3 Å². The Balaban J connectivity index is 1.56. The number of sulfonamides is 1. The predicted molar refractivity (Wildman–Crippen MR) is 137 cm³/mol. The van der Waals surface area contributed by atoms with Crippen LogP contribution in [0.15, 0.2) is 47.4 Å². The van der Waals surface area contributed by atoms with Gasteiger partial charge in [-0.3, -0.25) is 9.52 Å². The number of fused-ring (bicyclic) bond motifs is 1. The van der Waals surface area contributed by atoms with E-state index in [-0.39, 0.29) is 45.3 Å². The first-order valence-electron chi connectivity index (χ1n) is 11.5. The van der Waals surface area contributed by atoms with Gasteiger partial charge in [-0.2, -0.15) is 28.2 Å². The van der Waals surface area contributed by atoms with Gasteiger partial charge < -0.3 is 14.8 Å². The van der Waals surface area contributed by atoms with Crippen molar-refractivity contribution in [3.05, 3.63) is 59.5 Å². The molecule has 0 atom stereocenters.